The first-order valence-corrected chi connectivity index (χ1v) is 8.33. The Hall–Kier alpha value is -2.60. The second-order valence-corrected chi connectivity index (χ2v) is 6.21. The Labute approximate surface area is 140 Å². The van der Waals surface area contributed by atoms with Crippen LogP contribution in [0.25, 0.3) is 10.9 Å². The zero-order valence-corrected chi connectivity index (χ0v) is 13.5. The van der Waals surface area contributed by atoms with E-state index in [-0.39, 0.29) is 5.91 Å². The average molecular weight is 323 g/mol. The van der Waals surface area contributed by atoms with Crippen LogP contribution in [0.2, 0.25) is 0 Å². The molecule has 4 rings (SSSR count). The Morgan fingerprint density at radius 2 is 2.21 bits per heavy atom. The Morgan fingerprint density at radius 1 is 1.29 bits per heavy atom. The molecular weight excluding hydrogens is 302 g/mol. The monoisotopic (exact) mass is 323 g/mol. The number of carbonyl (C=O) groups is 1. The minimum Gasteiger partial charge on any atom is -0.361 e. The van der Waals surface area contributed by atoms with Crippen LogP contribution in [-0.2, 0) is 24.3 Å². The number of amides is 1. The van der Waals surface area contributed by atoms with Gasteiger partial charge in [0, 0.05) is 49.1 Å². The van der Waals surface area contributed by atoms with E-state index in [0.717, 1.165) is 37.4 Å². The third-order valence-electron chi connectivity index (χ3n) is 4.58. The van der Waals surface area contributed by atoms with Gasteiger partial charge in [-0.2, -0.15) is 0 Å². The van der Waals surface area contributed by atoms with E-state index in [1.54, 1.807) is 0 Å². The molecular formula is C18H21N5O. The maximum atomic E-state index is 12.2. The molecule has 3 heterocycles. The molecule has 6 heteroatoms. The Balaban J connectivity index is 1.27. The van der Waals surface area contributed by atoms with E-state index in [2.05, 4.69) is 36.9 Å². The quantitative estimate of drug-likeness (QED) is 0.748. The Morgan fingerprint density at radius 3 is 3.17 bits per heavy atom. The number of carbonyl (C=O) groups excluding carboxylic acids is 1. The lowest BCUT2D eigenvalue weighted by Crippen LogP contribution is -2.41. The molecule has 0 radical (unpaired) electrons. The van der Waals surface area contributed by atoms with Gasteiger partial charge in [-0.15, -0.1) is 0 Å². The number of H-pyrrole nitrogens is 1. The molecule has 0 bridgehead atoms. The number of nitrogens with zero attached hydrogens (tertiary/aromatic N) is 3. The molecule has 0 atom stereocenters. The summed E-state index contributed by atoms with van der Waals surface area (Å²) < 4.78 is 2.14. The first-order valence-electron chi connectivity index (χ1n) is 8.33. The normalized spacial score (nSPS) is 14.7. The fourth-order valence-electron chi connectivity index (χ4n) is 3.29. The standard InChI is InChI=1S/C18H21N5O/c24-18(13-22-9-10-23-8-7-19-17(23)12-22)20-6-5-14-11-21-16-4-2-1-3-15(14)16/h1-4,7-8,11,21H,5-6,9-10,12-13H2,(H,20,24). The van der Waals surface area contributed by atoms with Crippen molar-refractivity contribution in [3.8, 4) is 0 Å². The van der Waals surface area contributed by atoms with Crippen molar-refractivity contribution in [2.45, 2.75) is 19.5 Å². The molecule has 24 heavy (non-hydrogen) atoms. The highest BCUT2D eigenvalue weighted by molar-refractivity contribution is 5.83. The van der Waals surface area contributed by atoms with Crippen LogP contribution in [0.15, 0.2) is 42.9 Å². The fourth-order valence-corrected chi connectivity index (χ4v) is 3.29. The lowest BCUT2D eigenvalue weighted by atomic mass is 10.1. The van der Waals surface area contributed by atoms with E-state index in [1.807, 2.05) is 30.7 Å². The fraction of sp³-hybridized carbons (Fsp3) is 0.333. The molecule has 1 amide bonds. The van der Waals surface area contributed by atoms with Crippen molar-refractivity contribution >= 4 is 16.8 Å². The van der Waals surface area contributed by atoms with Gasteiger partial charge < -0.3 is 14.9 Å². The van der Waals surface area contributed by atoms with Crippen LogP contribution in [-0.4, -0.2) is 45.0 Å². The number of fused-ring (bicyclic) bond motifs is 2. The molecule has 2 aromatic heterocycles. The van der Waals surface area contributed by atoms with Gasteiger partial charge in [0.05, 0.1) is 13.1 Å². The smallest absolute Gasteiger partial charge is 0.234 e. The van der Waals surface area contributed by atoms with E-state index in [9.17, 15) is 4.79 Å². The summed E-state index contributed by atoms with van der Waals surface area (Å²) in [4.78, 5) is 21.9. The molecule has 1 aliphatic heterocycles. The largest absolute Gasteiger partial charge is 0.361 e. The lowest BCUT2D eigenvalue weighted by Gasteiger charge is -2.26. The molecule has 0 saturated heterocycles. The summed E-state index contributed by atoms with van der Waals surface area (Å²) in [6, 6.07) is 8.24. The lowest BCUT2D eigenvalue weighted by molar-refractivity contribution is -0.122. The Bertz CT molecular complexity index is 850. The van der Waals surface area contributed by atoms with Crippen LogP contribution >= 0.6 is 0 Å². The van der Waals surface area contributed by atoms with Gasteiger partial charge in [-0.05, 0) is 18.1 Å². The van der Waals surface area contributed by atoms with Crippen molar-refractivity contribution in [1.82, 2.24) is 24.8 Å². The third kappa shape index (κ3) is 3.05. The number of aromatic amines is 1. The minimum atomic E-state index is 0.0786. The van der Waals surface area contributed by atoms with Gasteiger partial charge in [0.2, 0.25) is 5.91 Å². The number of para-hydroxylation sites is 1. The molecule has 1 aliphatic rings. The maximum Gasteiger partial charge on any atom is 0.234 e. The van der Waals surface area contributed by atoms with Crippen LogP contribution in [0, 0.1) is 0 Å². The summed E-state index contributed by atoms with van der Waals surface area (Å²) in [5, 5.41) is 4.26. The molecule has 1 aromatic carbocycles. The predicted octanol–water partition coefficient (Wildman–Crippen LogP) is 1.54. The van der Waals surface area contributed by atoms with Crippen LogP contribution in [0.5, 0.6) is 0 Å². The molecule has 0 spiro atoms. The predicted molar refractivity (Wildman–Crippen MR) is 92.5 cm³/mol. The van der Waals surface area contributed by atoms with Gasteiger partial charge in [-0.1, -0.05) is 18.2 Å². The SMILES string of the molecule is O=C(CN1CCn2ccnc2C1)NCCc1c[nH]c2ccccc12. The number of rotatable bonds is 5. The zero-order chi connectivity index (χ0) is 16.4. The number of aromatic nitrogens is 3. The second kappa shape index (κ2) is 6.49. The van der Waals surface area contributed by atoms with Crippen molar-refractivity contribution in [2.75, 3.05) is 19.6 Å². The van der Waals surface area contributed by atoms with Crippen molar-refractivity contribution in [3.63, 3.8) is 0 Å². The van der Waals surface area contributed by atoms with Crippen LogP contribution < -0.4 is 5.32 Å². The highest BCUT2D eigenvalue weighted by atomic mass is 16.2. The summed E-state index contributed by atoms with van der Waals surface area (Å²) in [5.74, 6) is 1.11. The third-order valence-corrected chi connectivity index (χ3v) is 4.58. The van der Waals surface area contributed by atoms with Crippen molar-refractivity contribution in [2.24, 2.45) is 0 Å². The van der Waals surface area contributed by atoms with Crippen LogP contribution in [0.3, 0.4) is 0 Å². The summed E-state index contributed by atoms with van der Waals surface area (Å²) in [5.41, 5.74) is 2.38. The number of hydrogen-bond donors (Lipinski definition) is 2. The van der Waals surface area contributed by atoms with Gasteiger partial charge in [0.25, 0.3) is 0 Å². The maximum absolute atomic E-state index is 12.2. The van der Waals surface area contributed by atoms with Gasteiger partial charge in [0.1, 0.15) is 5.82 Å². The highest BCUT2D eigenvalue weighted by Gasteiger charge is 2.18. The Kier molecular flexibility index (Phi) is 4.04. The van der Waals surface area contributed by atoms with E-state index >= 15 is 0 Å². The van der Waals surface area contributed by atoms with Crippen molar-refractivity contribution in [3.05, 3.63) is 54.2 Å². The molecule has 2 N–H and O–H groups in total. The van der Waals surface area contributed by atoms with Gasteiger partial charge in [-0.3, -0.25) is 9.69 Å². The van der Waals surface area contributed by atoms with E-state index in [0.29, 0.717) is 13.1 Å². The number of benzene rings is 1. The number of imidazole rings is 1. The second-order valence-electron chi connectivity index (χ2n) is 6.21. The number of nitrogens with one attached hydrogen (secondary N) is 2. The van der Waals surface area contributed by atoms with Crippen molar-refractivity contribution < 1.29 is 4.79 Å². The highest BCUT2D eigenvalue weighted by Crippen LogP contribution is 2.17. The minimum absolute atomic E-state index is 0.0786. The molecule has 0 aliphatic carbocycles. The van der Waals surface area contributed by atoms with Crippen LogP contribution in [0.4, 0.5) is 0 Å². The van der Waals surface area contributed by atoms with E-state index in [4.69, 9.17) is 0 Å². The van der Waals surface area contributed by atoms with Gasteiger partial charge in [-0.25, -0.2) is 4.98 Å². The topological polar surface area (TPSA) is 66.0 Å². The molecule has 0 saturated carbocycles. The van der Waals surface area contributed by atoms with E-state index in [1.165, 1.54) is 10.9 Å². The molecule has 6 nitrogen and oxygen atoms in total. The molecule has 0 unspecified atom stereocenters. The van der Waals surface area contributed by atoms with Crippen LogP contribution in [0.1, 0.15) is 11.4 Å². The zero-order valence-electron chi connectivity index (χ0n) is 13.5. The van der Waals surface area contributed by atoms with Gasteiger partial charge >= 0.3 is 0 Å². The number of hydrogen-bond acceptors (Lipinski definition) is 3. The summed E-state index contributed by atoms with van der Waals surface area (Å²) in [7, 11) is 0. The summed E-state index contributed by atoms with van der Waals surface area (Å²) in [6.45, 7) is 3.62. The molecule has 0 fully saturated rings. The summed E-state index contributed by atoms with van der Waals surface area (Å²) >= 11 is 0. The first-order chi connectivity index (χ1) is 11.8. The molecule has 124 valence electrons. The first kappa shape index (κ1) is 15.0. The van der Waals surface area contributed by atoms with Crippen molar-refractivity contribution in [1.29, 1.82) is 0 Å². The van der Waals surface area contributed by atoms with E-state index < -0.39 is 0 Å². The summed E-state index contributed by atoms with van der Waals surface area (Å²) in [6.07, 6.45) is 6.68. The average Bonchev–Trinajstić information content (AvgIpc) is 3.21. The molecule has 3 aromatic rings. The van der Waals surface area contributed by atoms with Gasteiger partial charge in [0.15, 0.2) is 0 Å².